The number of nitrogens with one attached hydrogen (secondary N) is 1. The summed E-state index contributed by atoms with van der Waals surface area (Å²) in [5.41, 5.74) is 2.22. The van der Waals surface area contributed by atoms with Crippen LogP contribution >= 0.6 is 0 Å². The van der Waals surface area contributed by atoms with E-state index in [1.54, 1.807) is 12.5 Å². The van der Waals surface area contributed by atoms with Crippen LogP contribution in [-0.4, -0.2) is 7.05 Å². The third-order valence-corrected chi connectivity index (χ3v) is 1.66. The van der Waals surface area contributed by atoms with Crippen molar-refractivity contribution in [1.82, 2.24) is 5.32 Å². The summed E-state index contributed by atoms with van der Waals surface area (Å²) in [5.74, 6) is 0. The zero-order valence-corrected chi connectivity index (χ0v) is 6.92. The minimum absolute atomic E-state index is 0.216. The molecular weight excluding hydrogens is 138 g/mol. The molecule has 0 amide bonds. The molecule has 2 nitrogen and oxygen atoms in total. The highest BCUT2D eigenvalue weighted by Crippen LogP contribution is 2.19. The zero-order chi connectivity index (χ0) is 8.27. The summed E-state index contributed by atoms with van der Waals surface area (Å²) in [6.45, 7) is 5.87. The first-order valence-electron chi connectivity index (χ1n) is 3.60. The van der Waals surface area contributed by atoms with E-state index in [0.29, 0.717) is 0 Å². The fourth-order valence-corrected chi connectivity index (χ4v) is 1.14. The maximum atomic E-state index is 4.97. The molecule has 0 spiro atoms. The largest absolute Gasteiger partial charge is 0.472 e. The average Bonchev–Trinajstić information content (AvgIpc) is 2.40. The topological polar surface area (TPSA) is 25.2 Å². The molecule has 1 unspecified atom stereocenters. The zero-order valence-electron chi connectivity index (χ0n) is 6.92. The van der Waals surface area contributed by atoms with Crippen molar-refractivity contribution in [3.8, 4) is 0 Å². The van der Waals surface area contributed by atoms with Crippen LogP contribution in [0.3, 0.4) is 0 Å². The number of likely N-dealkylation sites (N-methyl/N-ethyl adjacent to an activating group) is 1. The van der Waals surface area contributed by atoms with Crippen LogP contribution in [0.2, 0.25) is 0 Å². The third-order valence-electron chi connectivity index (χ3n) is 1.66. The van der Waals surface area contributed by atoms with E-state index in [2.05, 4.69) is 11.9 Å². The lowest BCUT2D eigenvalue weighted by Gasteiger charge is -2.13. The molecule has 0 saturated carbocycles. The van der Waals surface area contributed by atoms with E-state index in [1.165, 1.54) is 0 Å². The van der Waals surface area contributed by atoms with Gasteiger partial charge in [0, 0.05) is 5.56 Å². The van der Waals surface area contributed by atoms with Crippen LogP contribution in [0.25, 0.3) is 0 Å². The molecule has 2 heteroatoms. The Hall–Kier alpha value is -1.02. The van der Waals surface area contributed by atoms with Crippen LogP contribution in [0.4, 0.5) is 0 Å². The lowest BCUT2D eigenvalue weighted by atomic mass is 10.1. The number of hydrogen-bond donors (Lipinski definition) is 1. The highest BCUT2D eigenvalue weighted by Gasteiger charge is 2.09. The number of furan rings is 1. The van der Waals surface area contributed by atoms with Gasteiger partial charge in [-0.25, -0.2) is 0 Å². The van der Waals surface area contributed by atoms with Crippen molar-refractivity contribution >= 4 is 0 Å². The molecule has 0 bridgehead atoms. The second kappa shape index (κ2) is 3.39. The summed E-state index contributed by atoms with van der Waals surface area (Å²) in [7, 11) is 1.91. The summed E-state index contributed by atoms with van der Waals surface area (Å²) >= 11 is 0. The summed E-state index contributed by atoms with van der Waals surface area (Å²) in [4.78, 5) is 0. The van der Waals surface area contributed by atoms with Crippen LogP contribution in [0.15, 0.2) is 35.2 Å². The number of hydrogen-bond acceptors (Lipinski definition) is 2. The maximum Gasteiger partial charge on any atom is 0.0953 e. The summed E-state index contributed by atoms with van der Waals surface area (Å²) in [6.07, 6.45) is 3.40. The molecule has 11 heavy (non-hydrogen) atoms. The van der Waals surface area contributed by atoms with Gasteiger partial charge < -0.3 is 9.73 Å². The molecule has 1 aromatic rings. The minimum atomic E-state index is 0.216. The third kappa shape index (κ3) is 1.71. The molecule has 0 aliphatic heterocycles. The predicted molar refractivity (Wildman–Crippen MR) is 45.3 cm³/mol. The minimum Gasteiger partial charge on any atom is -0.472 e. The monoisotopic (exact) mass is 151 g/mol. The van der Waals surface area contributed by atoms with Gasteiger partial charge in [0.05, 0.1) is 18.6 Å². The van der Waals surface area contributed by atoms with Gasteiger partial charge >= 0.3 is 0 Å². The Morgan fingerprint density at radius 2 is 2.45 bits per heavy atom. The van der Waals surface area contributed by atoms with E-state index < -0.39 is 0 Å². The van der Waals surface area contributed by atoms with Crippen molar-refractivity contribution in [2.24, 2.45) is 0 Å². The highest BCUT2D eigenvalue weighted by atomic mass is 16.3. The molecule has 1 aromatic heterocycles. The molecule has 0 saturated heterocycles. The first-order chi connectivity index (χ1) is 5.25. The lowest BCUT2D eigenvalue weighted by Crippen LogP contribution is -2.16. The van der Waals surface area contributed by atoms with Gasteiger partial charge in [0.15, 0.2) is 0 Å². The average molecular weight is 151 g/mol. The summed E-state index contributed by atoms with van der Waals surface area (Å²) in [6, 6.07) is 2.16. The fourth-order valence-electron chi connectivity index (χ4n) is 1.14. The van der Waals surface area contributed by atoms with Gasteiger partial charge in [-0.05, 0) is 20.0 Å². The highest BCUT2D eigenvalue weighted by molar-refractivity contribution is 5.21. The summed E-state index contributed by atoms with van der Waals surface area (Å²) < 4.78 is 4.97. The Balaban J connectivity index is 2.79. The van der Waals surface area contributed by atoms with Crippen molar-refractivity contribution in [2.45, 2.75) is 13.0 Å². The van der Waals surface area contributed by atoms with Crippen molar-refractivity contribution < 1.29 is 4.42 Å². The molecule has 0 aliphatic rings. The van der Waals surface area contributed by atoms with Gasteiger partial charge in [-0.2, -0.15) is 0 Å². The molecule has 0 radical (unpaired) electrons. The van der Waals surface area contributed by atoms with E-state index >= 15 is 0 Å². The molecular formula is C9H13NO. The van der Waals surface area contributed by atoms with Gasteiger partial charge in [0.1, 0.15) is 0 Å². The van der Waals surface area contributed by atoms with Gasteiger partial charge in [-0.3, -0.25) is 0 Å². The van der Waals surface area contributed by atoms with Gasteiger partial charge in [0.2, 0.25) is 0 Å². The quantitative estimate of drug-likeness (QED) is 0.669. The normalized spacial score (nSPS) is 12.9. The molecule has 1 rings (SSSR count). The Bertz CT molecular complexity index is 226. The smallest absolute Gasteiger partial charge is 0.0953 e. The molecule has 1 heterocycles. The first-order valence-corrected chi connectivity index (χ1v) is 3.60. The van der Waals surface area contributed by atoms with Crippen LogP contribution in [0.1, 0.15) is 18.5 Å². The van der Waals surface area contributed by atoms with Gasteiger partial charge in [0.25, 0.3) is 0 Å². The van der Waals surface area contributed by atoms with Crippen LogP contribution in [-0.2, 0) is 0 Å². The second-order valence-electron chi connectivity index (χ2n) is 2.62. The standard InChI is InChI=1S/C9H13NO/c1-7(2)9(10-3)8-4-5-11-6-8/h4-6,9-10H,1H2,2-3H3. The molecule has 0 fully saturated rings. The van der Waals surface area contributed by atoms with E-state index in [-0.39, 0.29) is 6.04 Å². The van der Waals surface area contributed by atoms with Gasteiger partial charge in [-0.15, -0.1) is 0 Å². The molecule has 0 aliphatic carbocycles. The Morgan fingerprint density at radius 3 is 2.82 bits per heavy atom. The number of rotatable bonds is 3. The van der Waals surface area contributed by atoms with Crippen molar-refractivity contribution in [1.29, 1.82) is 0 Å². The Kier molecular flexibility index (Phi) is 2.49. The Morgan fingerprint density at radius 1 is 1.73 bits per heavy atom. The molecule has 60 valence electrons. The summed E-state index contributed by atoms with van der Waals surface area (Å²) in [5, 5.41) is 3.14. The molecule has 0 aromatic carbocycles. The van der Waals surface area contributed by atoms with Crippen molar-refractivity contribution in [3.05, 3.63) is 36.3 Å². The van der Waals surface area contributed by atoms with Crippen LogP contribution in [0.5, 0.6) is 0 Å². The first kappa shape index (κ1) is 8.08. The maximum absolute atomic E-state index is 4.97. The van der Waals surface area contributed by atoms with E-state index in [9.17, 15) is 0 Å². The predicted octanol–water partition coefficient (Wildman–Crippen LogP) is 2.12. The van der Waals surface area contributed by atoms with E-state index in [0.717, 1.165) is 11.1 Å². The molecule has 1 N–H and O–H groups in total. The fraction of sp³-hybridized carbons (Fsp3) is 0.333. The lowest BCUT2D eigenvalue weighted by molar-refractivity contribution is 0.556. The second-order valence-corrected chi connectivity index (χ2v) is 2.62. The van der Waals surface area contributed by atoms with E-state index in [1.807, 2.05) is 20.0 Å². The van der Waals surface area contributed by atoms with Crippen LogP contribution < -0.4 is 5.32 Å². The van der Waals surface area contributed by atoms with Gasteiger partial charge in [-0.1, -0.05) is 12.2 Å². The van der Waals surface area contributed by atoms with Crippen molar-refractivity contribution in [2.75, 3.05) is 7.05 Å². The van der Waals surface area contributed by atoms with Crippen molar-refractivity contribution in [3.63, 3.8) is 0 Å². The Labute approximate surface area is 66.9 Å². The van der Waals surface area contributed by atoms with E-state index in [4.69, 9.17) is 4.42 Å². The molecule has 1 atom stereocenters. The van der Waals surface area contributed by atoms with Crippen LogP contribution in [0, 0.1) is 0 Å². The SMILES string of the molecule is C=C(C)C(NC)c1ccoc1.